The van der Waals surface area contributed by atoms with E-state index in [1.165, 1.54) is 39.9 Å². The Morgan fingerprint density at radius 3 is 2.62 bits per heavy atom. The van der Waals surface area contributed by atoms with Crippen molar-refractivity contribution in [1.82, 2.24) is 10.9 Å². The molecule has 3 aromatic rings. The van der Waals surface area contributed by atoms with E-state index in [0.717, 1.165) is 5.56 Å². The molecule has 0 fully saturated rings. The molecule has 1 aromatic heterocycles. The van der Waals surface area contributed by atoms with Crippen molar-refractivity contribution in [2.24, 2.45) is 0 Å². The van der Waals surface area contributed by atoms with Crippen molar-refractivity contribution in [1.29, 1.82) is 0 Å². The molecule has 0 spiro atoms. The Morgan fingerprint density at radius 1 is 1.06 bits per heavy atom. The fourth-order valence-corrected chi connectivity index (χ4v) is 6.00. The molecule has 1 aliphatic rings. The zero-order valence-corrected chi connectivity index (χ0v) is 19.7. The summed E-state index contributed by atoms with van der Waals surface area (Å²) in [4.78, 5) is 36.5. The van der Waals surface area contributed by atoms with Crippen LogP contribution in [0.2, 0.25) is 0 Å². The van der Waals surface area contributed by atoms with Gasteiger partial charge in [-0.15, -0.1) is 11.3 Å². The van der Waals surface area contributed by atoms with Crippen molar-refractivity contribution in [3.05, 3.63) is 82.0 Å². The van der Waals surface area contributed by atoms with Crippen LogP contribution in [0.5, 0.6) is 0 Å². The van der Waals surface area contributed by atoms with E-state index in [2.05, 4.69) is 10.9 Å². The summed E-state index contributed by atoms with van der Waals surface area (Å²) in [6, 6.07) is 15.8. The van der Waals surface area contributed by atoms with Crippen LogP contribution in [0.4, 0.5) is 5.69 Å². The molecule has 1 aliphatic heterocycles. The Morgan fingerprint density at radius 2 is 1.85 bits per heavy atom. The highest BCUT2D eigenvalue weighted by atomic mass is 32.2. The molecule has 9 nitrogen and oxygen atoms in total. The fourth-order valence-electron chi connectivity index (χ4n) is 3.65. The summed E-state index contributed by atoms with van der Waals surface area (Å²) in [7, 11) is -3.93. The largest absolute Gasteiger partial charge is 0.452 e. The summed E-state index contributed by atoms with van der Waals surface area (Å²) in [5.74, 6) is -2.11. The predicted octanol–water partition coefficient (Wildman–Crippen LogP) is 2.51. The lowest BCUT2D eigenvalue weighted by Gasteiger charge is -2.24. The minimum atomic E-state index is -3.93. The zero-order chi connectivity index (χ0) is 24.3. The lowest BCUT2D eigenvalue weighted by Crippen LogP contribution is -2.43. The van der Waals surface area contributed by atoms with Crippen LogP contribution in [0.25, 0.3) is 0 Å². The number of nitrogens with zero attached hydrogens (tertiary/aromatic N) is 1. The first-order valence-electron chi connectivity index (χ1n) is 10.3. The van der Waals surface area contributed by atoms with Gasteiger partial charge in [-0.1, -0.05) is 30.3 Å². The third-order valence-electron chi connectivity index (χ3n) is 5.17. The minimum absolute atomic E-state index is 0.0170. The van der Waals surface area contributed by atoms with Crippen LogP contribution in [0.1, 0.15) is 32.5 Å². The van der Waals surface area contributed by atoms with Crippen LogP contribution in [-0.4, -0.2) is 38.9 Å². The van der Waals surface area contributed by atoms with E-state index in [-0.39, 0.29) is 16.5 Å². The van der Waals surface area contributed by atoms with Gasteiger partial charge in [0.15, 0.2) is 6.61 Å². The van der Waals surface area contributed by atoms with Crippen molar-refractivity contribution in [2.75, 3.05) is 10.9 Å². The second kappa shape index (κ2) is 9.65. The number of sulfonamides is 1. The third kappa shape index (κ3) is 4.80. The molecule has 1 unspecified atom stereocenters. The smallest absolute Gasteiger partial charge is 0.338 e. The Bertz CT molecular complexity index is 1340. The van der Waals surface area contributed by atoms with Crippen molar-refractivity contribution in [3.63, 3.8) is 0 Å². The molecule has 176 valence electrons. The number of carbonyl (C=O) groups is 3. The van der Waals surface area contributed by atoms with Gasteiger partial charge in [0.1, 0.15) is 0 Å². The van der Waals surface area contributed by atoms with Crippen LogP contribution in [0, 0.1) is 0 Å². The Hall–Kier alpha value is -3.70. The molecule has 0 bridgehead atoms. The molecule has 11 heteroatoms. The average molecular weight is 500 g/mol. The second-order valence-electron chi connectivity index (χ2n) is 7.57. The first-order chi connectivity index (χ1) is 16.3. The van der Waals surface area contributed by atoms with Gasteiger partial charge in [0.25, 0.3) is 21.8 Å². The number of hydrazine groups is 1. The SMILES string of the molecule is CC1Cc2ccccc2N1S(=O)(=O)c1cccc(C(=O)OCC(=O)NNC(=O)c2cccs2)c1. The number of amides is 2. The molecule has 0 saturated carbocycles. The number of benzene rings is 2. The fraction of sp³-hybridized carbons (Fsp3) is 0.174. The van der Waals surface area contributed by atoms with E-state index in [9.17, 15) is 22.8 Å². The maximum Gasteiger partial charge on any atom is 0.338 e. The van der Waals surface area contributed by atoms with Gasteiger partial charge in [0.05, 0.1) is 21.0 Å². The van der Waals surface area contributed by atoms with E-state index in [1.807, 2.05) is 19.1 Å². The van der Waals surface area contributed by atoms with Crippen LogP contribution < -0.4 is 15.2 Å². The van der Waals surface area contributed by atoms with Gasteiger partial charge in [-0.2, -0.15) is 0 Å². The Balaban J connectivity index is 1.40. The molecule has 0 saturated heterocycles. The number of ether oxygens (including phenoxy) is 1. The van der Waals surface area contributed by atoms with Gasteiger partial charge in [0.2, 0.25) is 0 Å². The molecule has 1 atom stereocenters. The normalized spacial score (nSPS) is 14.9. The minimum Gasteiger partial charge on any atom is -0.452 e. The van der Waals surface area contributed by atoms with Gasteiger partial charge in [0, 0.05) is 6.04 Å². The highest BCUT2D eigenvalue weighted by Crippen LogP contribution is 2.36. The van der Waals surface area contributed by atoms with Crippen molar-refractivity contribution >= 4 is 44.8 Å². The summed E-state index contributed by atoms with van der Waals surface area (Å²) in [6.45, 7) is 1.17. The topological polar surface area (TPSA) is 122 Å². The number of thiophene rings is 1. The van der Waals surface area contributed by atoms with E-state index in [0.29, 0.717) is 17.0 Å². The molecule has 2 aromatic carbocycles. The maximum absolute atomic E-state index is 13.4. The Labute approximate surface area is 200 Å². The summed E-state index contributed by atoms with van der Waals surface area (Å²) in [5, 5.41) is 1.72. The summed E-state index contributed by atoms with van der Waals surface area (Å²) in [5.41, 5.74) is 5.90. The summed E-state index contributed by atoms with van der Waals surface area (Å²) in [6.07, 6.45) is 0.593. The summed E-state index contributed by atoms with van der Waals surface area (Å²) >= 11 is 1.21. The number of nitrogens with one attached hydrogen (secondary N) is 2. The van der Waals surface area contributed by atoms with Crippen molar-refractivity contribution < 1.29 is 27.5 Å². The average Bonchev–Trinajstić information content (AvgIpc) is 3.48. The molecule has 4 rings (SSSR count). The van der Waals surface area contributed by atoms with Gasteiger partial charge in [-0.05, 0) is 54.6 Å². The molecule has 0 radical (unpaired) electrons. The lowest BCUT2D eigenvalue weighted by atomic mass is 10.1. The molecule has 2 heterocycles. The lowest BCUT2D eigenvalue weighted by molar-refractivity contribution is -0.125. The number of para-hydroxylation sites is 1. The number of carbonyl (C=O) groups excluding carboxylic acids is 3. The van der Waals surface area contributed by atoms with Crippen LogP contribution in [0.3, 0.4) is 0 Å². The van der Waals surface area contributed by atoms with E-state index in [1.54, 1.807) is 29.6 Å². The number of hydrogen-bond donors (Lipinski definition) is 2. The van der Waals surface area contributed by atoms with Crippen LogP contribution in [-0.2, 0) is 26.0 Å². The summed E-state index contributed by atoms with van der Waals surface area (Å²) < 4.78 is 33.1. The van der Waals surface area contributed by atoms with Gasteiger partial charge in [-0.3, -0.25) is 24.7 Å². The number of hydrogen-bond acceptors (Lipinski definition) is 7. The first-order valence-corrected chi connectivity index (χ1v) is 12.6. The van der Waals surface area contributed by atoms with Gasteiger partial charge >= 0.3 is 5.97 Å². The zero-order valence-electron chi connectivity index (χ0n) is 18.1. The maximum atomic E-state index is 13.4. The monoisotopic (exact) mass is 499 g/mol. The van der Waals surface area contributed by atoms with E-state index in [4.69, 9.17) is 4.74 Å². The molecule has 34 heavy (non-hydrogen) atoms. The third-order valence-corrected chi connectivity index (χ3v) is 7.96. The van der Waals surface area contributed by atoms with E-state index >= 15 is 0 Å². The highest BCUT2D eigenvalue weighted by Gasteiger charge is 2.36. The standard InChI is InChI=1S/C23H21N3O6S2/c1-15-12-16-6-2-3-9-19(16)26(15)34(30,31)18-8-4-7-17(13-18)23(29)32-14-21(27)24-25-22(28)20-10-5-11-33-20/h2-11,13,15H,12,14H2,1H3,(H,24,27)(H,25,28). The number of fused-ring (bicyclic) bond motifs is 1. The Kier molecular flexibility index (Phi) is 6.66. The number of rotatable bonds is 6. The van der Waals surface area contributed by atoms with Crippen LogP contribution in [0.15, 0.2) is 70.9 Å². The number of esters is 1. The molecule has 2 N–H and O–H groups in total. The predicted molar refractivity (Wildman–Crippen MR) is 126 cm³/mol. The van der Waals surface area contributed by atoms with Crippen molar-refractivity contribution in [2.45, 2.75) is 24.3 Å². The second-order valence-corrected chi connectivity index (χ2v) is 10.3. The quantitative estimate of drug-likeness (QED) is 0.397. The molecular formula is C23H21N3O6S2. The van der Waals surface area contributed by atoms with Gasteiger partial charge < -0.3 is 4.74 Å². The van der Waals surface area contributed by atoms with E-state index < -0.39 is 34.4 Å². The first kappa shape index (κ1) is 23.5. The molecular weight excluding hydrogens is 478 g/mol. The number of anilines is 1. The van der Waals surface area contributed by atoms with Crippen molar-refractivity contribution in [3.8, 4) is 0 Å². The van der Waals surface area contributed by atoms with Gasteiger partial charge in [-0.25, -0.2) is 13.2 Å². The molecule has 2 amide bonds. The highest BCUT2D eigenvalue weighted by molar-refractivity contribution is 7.92. The van der Waals surface area contributed by atoms with Crippen LogP contribution >= 0.6 is 11.3 Å². The molecule has 0 aliphatic carbocycles.